The second-order valence-electron chi connectivity index (χ2n) is 5.76. The SMILES string of the molecule is O=C(NCCO)c1cc(-c2ccc(C(F)(F)F)cc2)nc(-c2cccnc2)n1. The summed E-state index contributed by atoms with van der Waals surface area (Å²) in [6, 6.07) is 9.24. The van der Waals surface area contributed by atoms with E-state index in [1.54, 1.807) is 18.3 Å². The summed E-state index contributed by atoms with van der Waals surface area (Å²) in [5.41, 5.74) is 0.483. The maximum absolute atomic E-state index is 12.8. The number of rotatable bonds is 5. The molecule has 1 aromatic carbocycles. The summed E-state index contributed by atoms with van der Waals surface area (Å²) in [4.78, 5) is 24.8. The van der Waals surface area contributed by atoms with E-state index >= 15 is 0 Å². The summed E-state index contributed by atoms with van der Waals surface area (Å²) in [7, 11) is 0. The Morgan fingerprint density at radius 1 is 1.07 bits per heavy atom. The van der Waals surface area contributed by atoms with Crippen molar-refractivity contribution in [3.63, 3.8) is 0 Å². The molecule has 3 aromatic rings. The van der Waals surface area contributed by atoms with Gasteiger partial charge in [-0.05, 0) is 30.3 Å². The van der Waals surface area contributed by atoms with Crippen molar-refractivity contribution in [3.05, 3.63) is 66.1 Å². The summed E-state index contributed by atoms with van der Waals surface area (Å²) >= 11 is 0. The van der Waals surface area contributed by atoms with E-state index < -0.39 is 17.6 Å². The quantitative estimate of drug-likeness (QED) is 0.702. The average Bonchev–Trinajstić information content (AvgIpc) is 2.71. The molecule has 0 bridgehead atoms. The van der Waals surface area contributed by atoms with Gasteiger partial charge in [0.25, 0.3) is 5.91 Å². The van der Waals surface area contributed by atoms with Gasteiger partial charge in [0.2, 0.25) is 0 Å². The van der Waals surface area contributed by atoms with E-state index in [0.29, 0.717) is 11.1 Å². The molecule has 0 aliphatic carbocycles. The van der Waals surface area contributed by atoms with E-state index in [1.807, 2.05) is 0 Å². The third-order valence-corrected chi connectivity index (χ3v) is 3.78. The van der Waals surface area contributed by atoms with Crippen LogP contribution in [0.3, 0.4) is 0 Å². The number of nitrogens with one attached hydrogen (secondary N) is 1. The van der Waals surface area contributed by atoms with Crippen LogP contribution in [0.15, 0.2) is 54.9 Å². The molecule has 0 unspecified atom stereocenters. The van der Waals surface area contributed by atoms with Crippen LogP contribution in [0.1, 0.15) is 16.1 Å². The second kappa shape index (κ2) is 8.13. The number of hydrogen-bond donors (Lipinski definition) is 2. The number of aliphatic hydroxyl groups excluding tert-OH is 1. The van der Waals surface area contributed by atoms with Crippen molar-refractivity contribution in [1.29, 1.82) is 0 Å². The summed E-state index contributed by atoms with van der Waals surface area (Å²) < 4.78 is 38.4. The number of pyridine rings is 1. The Hall–Kier alpha value is -3.33. The van der Waals surface area contributed by atoms with Gasteiger partial charge in [0.15, 0.2) is 5.82 Å². The predicted octanol–water partition coefficient (Wildman–Crippen LogP) is 2.95. The zero-order valence-electron chi connectivity index (χ0n) is 14.4. The maximum atomic E-state index is 12.8. The Kier molecular flexibility index (Phi) is 5.65. The highest BCUT2D eigenvalue weighted by Gasteiger charge is 2.30. The highest BCUT2D eigenvalue weighted by Crippen LogP contribution is 2.31. The van der Waals surface area contributed by atoms with Crippen LogP contribution in [0.5, 0.6) is 0 Å². The Morgan fingerprint density at radius 3 is 2.43 bits per heavy atom. The average molecular weight is 388 g/mol. The number of alkyl halides is 3. The minimum Gasteiger partial charge on any atom is -0.395 e. The molecular formula is C19H15F3N4O2. The molecule has 144 valence electrons. The highest BCUT2D eigenvalue weighted by atomic mass is 19.4. The van der Waals surface area contributed by atoms with E-state index in [-0.39, 0.29) is 30.4 Å². The van der Waals surface area contributed by atoms with Crippen molar-refractivity contribution >= 4 is 5.91 Å². The molecule has 9 heteroatoms. The number of benzene rings is 1. The van der Waals surface area contributed by atoms with Crippen LogP contribution < -0.4 is 5.32 Å². The molecule has 0 spiro atoms. The van der Waals surface area contributed by atoms with Gasteiger partial charge in [-0.3, -0.25) is 9.78 Å². The van der Waals surface area contributed by atoms with Crippen molar-refractivity contribution in [1.82, 2.24) is 20.3 Å². The monoisotopic (exact) mass is 388 g/mol. The van der Waals surface area contributed by atoms with Crippen molar-refractivity contribution in [3.8, 4) is 22.6 Å². The molecule has 2 aromatic heterocycles. The van der Waals surface area contributed by atoms with Crippen LogP contribution in [0, 0.1) is 0 Å². The molecule has 0 atom stereocenters. The van der Waals surface area contributed by atoms with Crippen LogP contribution >= 0.6 is 0 Å². The Morgan fingerprint density at radius 2 is 1.82 bits per heavy atom. The fourth-order valence-electron chi connectivity index (χ4n) is 2.43. The van der Waals surface area contributed by atoms with Crippen molar-refractivity contribution in [2.45, 2.75) is 6.18 Å². The molecule has 6 nitrogen and oxygen atoms in total. The molecule has 0 fully saturated rings. The van der Waals surface area contributed by atoms with Gasteiger partial charge >= 0.3 is 6.18 Å². The molecule has 3 rings (SSSR count). The fourth-order valence-corrected chi connectivity index (χ4v) is 2.43. The minimum atomic E-state index is -4.44. The number of amides is 1. The third kappa shape index (κ3) is 4.49. The first-order valence-electron chi connectivity index (χ1n) is 8.24. The standard InChI is InChI=1S/C19H15F3N4O2/c20-19(21,22)14-5-3-12(4-6-14)15-10-16(18(28)24-8-9-27)26-17(25-15)13-2-1-7-23-11-13/h1-7,10-11,27H,8-9H2,(H,24,28). The lowest BCUT2D eigenvalue weighted by molar-refractivity contribution is -0.137. The normalized spacial score (nSPS) is 11.3. The maximum Gasteiger partial charge on any atom is 0.416 e. The minimum absolute atomic E-state index is 0.0252. The van der Waals surface area contributed by atoms with Gasteiger partial charge < -0.3 is 10.4 Å². The molecule has 0 aliphatic rings. The first kappa shape index (κ1) is 19.4. The van der Waals surface area contributed by atoms with Crippen LogP contribution in [-0.4, -0.2) is 39.1 Å². The summed E-state index contributed by atoms with van der Waals surface area (Å²) in [5, 5.41) is 11.4. The Bertz CT molecular complexity index is 961. The topological polar surface area (TPSA) is 88.0 Å². The number of aromatic nitrogens is 3. The summed E-state index contributed by atoms with van der Waals surface area (Å²) in [6.45, 7) is -0.196. The number of halogens is 3. The van der Waals surface area contributed by atoms with Crippen LogP contribution in [-0.2, 0) is 6.18 Å². The Labute approximate surface area is 158 Å². The third-order valence-electron chi connectivity index (χ3n) is 3.78. The van der Waals surface area contributed by atoms with E-state index in [9.17, 15) is 18.0 Å². The number of nitrogens with zero attached hydrogens (tertiary/aromatic N) is 3. The highest BCUT2D eigenvalue weighted by molar-refractivity contribution is 5.93. The fraction of sp³-hybridized carbons (Fsp3) is 0.158. The molecule has 1 amide bonds. The van der Waals surface area contributed by atoms with Crippen molar-refractivity contribution in [2.75, 3.05) is 13.2 Å². The Balaban J connectivity index is 2.05. The van der Waals surface area contributed by atoms with Crippen molar-refractivity contribution in [2.24, 2.45) is 0 Å². The van der Waals surface area contributed by atoms with Crippen molar-refractivity contribution < 1.29 is 23.1 Å². The van der Waals surface area contributed by atoms with E-state index in [2.05, 4.69) is 20.3 Å². The first-order chi connectivity index (χ1) is 13.4. The zero-order valence-corrected chi connectivity index (χ0v) is 14.4. The summed E-state index contributed by atoms with van der Waals surface area (Å²) in [6.07, 6.45) is -1.36. The molecular weight excluding hydrogens is 373 g/mol. The van der Waals surface area contributed by atoms with Crippen LogP contribution in [0.2, 0.25) is 0 Å². The van der Waals surface area contributed by atoms with E-state index in [0.717, 1.165) is 12.1 Å². The number of aliphatic hydroxyl groups is 1. The predicted molar refractivity (Wildman–Crippen MR) is 95.1 cm³/mol. The van der Waals surface area contributed by atoms with E-state index in [1.165, 1.54) is 24.4 Å². The van der Waals surface area contributed by atoms with Gasteiger partial charge in [-0.2, -0.15) is 13.2 Å². The number of hydrogen-bond acceptors (Lipinski definition) is 5. The van der Waals surface area contributed by atoms with Crippen LogP contribution in [0.4, 0.5) is 13.2 Å². The largest absolute Gasteiger partial charge is 0.416 e. The first-order valence-corrected chi connectivity index (χ1v) is 8.24. The molecule has 0 aliphatic heterocycles. The molecule has 0 saturated heterocycles. The number of carbonyl (C=O) groups excluding carboxylic acids is 1. The lowest BCUT2D eigenvalue weighted by Crippen LogP contribution is -2.27. The van der Waals surface area contributed by atoms with E-state index in [4.69, 9.17) is 5.11 Å². The molecule has 2 N–H and O–H groups in total. The van der Waals surface area contributed by atoms with Gasteiger partial charge in [0.05, 0.1) is 17.9 Å². The molecule has 28 heavy (non-hydrogen) atoms. The molecule has 0 radical (unpaired) electrons. The molecule has 0 saturated carbocycles. The summed E-state index contributed by atoms with van der Waals surface area (Å²) in [5.74, 6) is -0.325. The van der Waals surface area contributed by atoms with Gasteiger partial charge in [-0.1, -0.05) is 12.1 Å². The second-order valence-corrected chi connectivity index (χ2v) is 5.76. The molecule has 2 heterocycles. The zero-order chi connectivity index (χ0) is 20.1. The lowest BCUT2D eigenvalue weighted by Gasteiger charge is -2.10. The van der Waals surface area contributed by atoms with Gasteiger partial charge in [0, 0.05) is 30.1 Å². The number of carbonyl (C=O) groups is 1. The lowest BCUT2D eigenvalue weighted by atomic mass is 10.1. The van der Waals surface area contributed by atoms with Gasteiger partial charge in [0.1, 0.15) is 5.69 Å². The van der Waals surface area contributed by atoms with Gasteiger partial charge in [-0.15, -0.1) is 0 Å². The van der Waals surface area contributed by atoms with Crippen LogP contribution in [0.25, 0.3) is 22.6 Å². The smallest absolute Gasteiger partial charge is 0.395 e. The van der Waals surface area contributed by atoms with Gasteiger partial charge in [-0.25, -0.2) is 9.97 Å².